The molecular formula is C21H20ClNO5. The third-order valence-corrected chi connectivity index (χ3v) is 5.33. The average Bonchev–Trinajstić information content (AvgIpc) is 3.39. The maximum absolute atomic E-state index is 12.9. The van der Waals surface area contributed by atoms with E-state index in [-0.39, 0.29) is 24.0 Å². The van der Waals surface area contributed by atoms with E-state index in [1.54, 1.807) is 43.3 Å². The number of aliphatic hydroxyl groups is 1. The summed E-state index contributed by atoms with van der Waals surface area (Å²) in [6.07, 6.45) is 1.60. The molecule has 2 aromatic rings. The molecule has 2 saturated heterocycles. The predicted octanol–water partition coefficient (Wildman–Crippen LogP) is 3.84. The first-order valence-corrected chi connectivity index (χ1v) is 9.56. The second-order valence-electron chi connectivity index (χ2n) is 7.05. The van der Waals surface area contributed by atoms with Crippen LogP contribution in [0, 0.1) is 6.92 Å². The minimum atomic E-state index is -0.808. The number of furan rings is 1. The fraction of sp³-hybridized carbons (Fsp3) is 0.333. The molecule has 4 rings (SSSR count). The zero-order valence-electron chi connectivity index (χ0n) is 15.4. The summed E-state index contributed by atoms with van der Waals surface area (Å²) in [4.78, 5) is 27.1. The molecule has 2 aliphatic rings. The van der Waals surface area contributed by atoms with E-state index < -0.39 is 17.7 Å². The molecule has 7 heteroatoms. The van der Waals surface area contributed by atoms with Crippen molar-refractivity contribution in [2.45, 2.75) is 31.9 Å². The van der Waals surface area contributed by atoms with Crippen molar-refractivity contribution in [1.29, 1.82) is 0 Å². The summed E-state index contributed by atoms with van der Waals surface area (Å²) < 4.78 is 11.4. The number of ketones is 1. The van der Waals surface area contributed by atoms with Crippen molar-refractivity contribution in [3.05, 3.63) is 64.1 Å². The molecule has 1 aromatic heterocycles. The fourth-order valence-electron chi connectivity index (χ4n) is 3.76. The molecule has 2 unspecified atom stereocenters. The number of Topliss-reactive ketones (excluding diaryl/α,β-unsaturated/α-hetero) is 1. The lowest BCUT2D eigenvalue weighted by Crippen LogP contribution is -2.36. The van der Waals surface area contributed by atoms with Crippen molar-refractivity contribution in [2.75, 3.05) is 13.2 Å². The van der Waals surface area contributed by atoms with Crippen LogP contribution in [0.1, 0.15) is 36.0 Å². The molecule has 146 valence electrons. The molecule has 1 aromatic carbocycles. The standard InChI is InChI=1S/C21H20ClNO5/c1-12-7-8-16(28-12)18-17(19(24)13-4-2-5-14(22)10-13)20(25)21(26)23(18)11-15-6-3-9-27-15/h2,4-5,7-8,10,15,18,24H,3,6,9,11H2,1H3/b19-17-. The lowest BCUT2D eigenvalue weighted by molar-refractivity contribution is -0.141. The molecule has 2 fully saturated rings. The molecule has 6 nitrogen and oxygen atoms in total. The van der Waals surface area contributed by atoms with E-state index in [9.17, 15) is 14.7 Å². The normalized spacial score (nSPS) is 24.3. The Labute approximate surface area is 167 Å². The van der Waals surface area contributed by atoms with E-state index in [4.69, 9.17) is 20.8 Å². The summed E-state index contributed by atoms with van der Waals surface area (Å²) >= 11 is 6.03. The van der Waals surface area contributed by atoms with E-state index in [1.807, 2.05) is 0 Å². The molecule has 0 saturated carbocycles. The number of hydrogen-bond donors (Lipinski definition) is 1. The maximum Gasteiger partial charge on any atom is 0.295 e. The second kappa shape index (κ2) is 7.45. The van der Waals surface area contributed by atoms with Gasteiger partial charge in [0.05, 0.1) is 11.7 Å². The smallest absolute Gasteiger partial charge is 0.295 e. The minimum Gasteiger partial charge on any atom is -0.507 e. The molecule has 0 bridgehead atoms. The first kappa shape index (κ1) is 18.8. The van der Waals surface area contributed by atoms with Gasteiger partial charge in [-0.1, -0.05) is 23.7 Å². The van der Waals surface area contributed by atoms with Crippen LogP contribution in [0.15, 0.2) is 46.4 Å². The van der Waals surface area contributed by atoms with Gasteiger partial charge >= 0.3 is 0 Å². The van der Waals surface area contributed by atoms with Crippen LogP contribution in [0.3, 0.4) is 0 Å². The van der Waals surface area contributed by atoms with Gasteiger partial charge in [0, 0.05) is 23.7 Å². The quantitative estimate of drug-likeness (QED) is 0.478. The second-order valence-corrected chi connectivity index (χ2v) is 7.48. The highest BCUT2D eigenvalue weighted by Gasteiger charge is 2.48. The Morgan fingerprint density at radius 1 is 1.29 bits per heavy atom. The molecule has 28 heavy (non-hydrogen) atoms. The Morgan fingerprint density at radius 3 is 2.75 bits per heavy atom. The summed E-state index contributed by atoms with van der Waals surface area (Å²) in [5, 5.41) is 11.3. The third-order valence-electron chi connectivity index (χ3n) is 5.09. The Hall–Kier alpha value is -2.57. The number of amides is 1. The van der Waals surface area contributed by atoms with Gasteiger partial charge in [-0.3, -0.25) is 9.59 Å². The Kier molecular flexibility index (Phi) is 5.00. The number of ether oxygens (including phenoxy) is 1. The number of rotatable bonds is 4. The summed E-state index contributed by atoms with van der Waals surface area (Å²) in [6.45, 7) is 2.69. The average molecular weight is 402 g/mol. The molecule has 0 radical (unpaired) electrons. The summed E-state index contributed by atoms with van der Waals surface area (Å²) in [6, 6.07) is 9.21. The number of aryl methyl sites for hydroxylation is 1. The molecule has 3 heterocycles. The zero-order valence-corrected chi connectivity index (χ0v) is 16.1. The third kappa shape index (κ3) is 3.34. The highest BCUT2D eigenvalue weighted by atomic mass is 35.5. The first-order valence-electron chi connectivity index (χ1n) is 9.18. The Morgan fingerprint density at radius 2 is 2.11 bits per heavy atom. The van der Waals surface area contributed by atoms with Crippen LogP contribution in [0.5, 0.6) is 0 Å². The molecule has 1 N–H and O–H groups in total. The van der Waals surface area contributed by atoms with Crippen LogP contribution in [-0.2, 0) is 14.3 Å². The van der Waals surface area contributed by atoms with Gasteiger partial charge in [0.15, 0.2) is 0 Å². The summed E-state index contributed by atoms with van der Waals surface area (Å²) in [5.74, 6) is -0.596. The highest BCUT2D eigenvalue weighted by molar-refractivity contribution is 6.46. The van der Waals surface area contributed by atoms with Crippen molar-refractivity contribution in [3.8, 4) is 0 Å². The van der Waals surface area contributed by atoms with E-state index in [1.165, 1.54) is 4.90 Å². The lowest BCUT2D eigenvalue weighted by atomic mass is 9.99. The number of aliphatic hydroxyl groups excluding tert-OH is 1. The maximum atomic E-state index is 12.9. The Bertz CT molecular complexity index is 957. The monoisotopic (exact) mass is 401 g/mol. The Balaban J connectivity index is 1.82. The molecule has 2 aliphatic heterocycles. The van der Waals surface area contributed by atoms with E-state index in [0.29, 0.717) is 28.7 Å². The largest absolute Gasteiger partial charge is 0.507 e. The van der Waals surface area contributed by atoms with Gasteiger partial charge in [-0.2, -0.15) is 0 Å². The van der Waals surface area contributed by atoms with Gasteiger partial charge in [-0.15, -0.1) is 0 Å². The SMILES string of the molecule is Cc1ccc(C2/C(=C(/O)c3cccc(Cl)c3)C(=O)C(=O)N2CC2CCCO2)o1. The molecule has 0 spiro atoms. The van der Waals surface area contributed by atoms with Crippen molar-refractivity contribution >= 4 is 29.1 Å². The summed E-state index contributed by atoms with van der Waals surface area (Å²) in [7, 11) is 0. The highest BCUT2D eigenvalue weighted by Crippen LogP contribution is 2.40. The van der Waals surface area contributed by atoms with Crippen molar-refractivity contribution < 1.29 is 23.8 Å². The van der Waals surface area contributed by atoms with Crippen LogP contribution in [0.4, 0.5) is 0 Å². The van der Waals surface area contributed by atoms with Gasteiger partial charge in [0.2, 0.25) is 0 Å². The van der Waals surface area contributed by atoms with E-state index in [2.05, 4.69) is 0 Å². The van der Waals surface area contributed by atoms with Crippen molar-refractivity contribution in [1.82, 2.24) is 4.90 Å². The minimum absolute atomic E-state index is 0.000358. The number of hydrogen-bond acceptors (Lipinski definition) is 5. The summed E-state index contributed by atoms with van der Waals surface area (Å²) in [5.41, 5.74) is 0.371. The number of benzene rings is 1. The van der Waals surface area contributed by atoms with Gasteiger partial charge in [0.25, 0.3) is 11.7 Å². The van der Waals surface area contributed by atoms with Gasteiger partial charge < -0.3 is 19.2 Å². The number of likely N-dealkylation sites (tertiary alicyclic amines) is 1. The number of carbonyl (C=O) groups is 2. The number of carbonyl (C=O) groups excluding carboxylic acids is 2. The molecular weight excluding hydrogens is 382 g/mol. The number of nitrogens with zero attached hydrogens (tertiary/aromatic N) is 1. The van der Waals surface area contributed by atoms with E-state index in [0.717, 1.165) is 12.8 Å². The van der Waals surface area contributed by atoms with Gasteiger partial charge in [-0.25, -0.2) is 0 Å². The van der Waals surface area contributed by atoms with E-state index >= 15 is 0 Å². The van der Waals surface area contributed by atoms with Crippen LogP contribution in [0.25, 0.3) is 5.76 Å². The topological polar surface area (TPSA) is 80.0 Å². The predicted molar refractivity (Wildman–Crippen MR) is 103 cm³/mol. The molecule has 1 amide bonds. The van der Waals surface area contributed by atoms with Crippen LogP contribution in [0.2, 0.25) is 5.02 Å². The fourth-order valence-corrected chi connectivity index (χ4v) is 3.95. The van der Waals surface area contributed by atoms with Crippen molar-refractivity contribution in [3.63, 3.8) is 0 Å². The zero-order chi connectivity index (χ0) is 19.8. The number of halogens is 1. The molecule has 2 atom stereocenters. The van der Waals surface area contributed by atoms with Gasteiger partial charge in [-0.05, 0) is 44.0 Å². The van der Waals surface area contributed by atoms with Crippen molar-refractivity contribution in [2.24, 2.45) is 0 Å². The first-order chi connectivity index (χ1) is 13.5. The van der Waals surface area contributed by atoms with Gasteiger partial charge in [0.1, 0.15) is 23.3 Å². The lowest BCUT2D eigenvalue weighted by Gasteiger charge is -2.25. The van der Waals surface area contributed by atoms with Crippen LogP contribution >= 0.6 is 11.6 Å². The van der Waals surface area contributed by atoms with Crippen LogP contribution < -0.4 is 0 Å². The van der Waals surface area contributed by atoms with Crippen LogP contribution in [-0.4, -0.2) is 41.0 Å². The molecule has 0 aliphatic carbocycles.